The van der Waals surface area contributed by atoms with Gasteiger partial charge >= 0.3 is 0 Å². The quantitative estimate of drug-likeness (QED) is 0.713. The van der Waals surface area contributed by atoms with E-state index in [-0.39, 0.29) is 30.3 Å². The first-order valence-corrected chi connectivity index (χ1v) is 9.18. The lowest BCUT2D eigenvalue weighted by molar-refractivity contribution is -0.126. The molecule has 6 nitrogen and oxygen atoms in total. The van der Waals surface area contributed by atoms with E-state index in [0.29, 0.717) is 32.5 Å². The molecular formula is C13H28ClN3O3S. The van der Waals surface area contributed by atoms with Crippen LogP contribution in [0.2, 0.25) is 0 Å². The van der Waals surface area contributed by atoms with Crippen molar-refractivity contribution in [2.75, 3.05) is 25.9 Å². The van der Waals surface area contributed by atoms with E-state index in [4.69, 9.17) is 5.73 Å². The van der Waals surface area contributed by atoms with Gasteiger partial charge in [0.1, 0.15) is 0 Å². The van der Waals surface area contributed by atoms with Gasteiger partial charge in [-0.25, -0.2) is 12.7 Å². The molecule has 0 aromatic carbocycles. The second-order valence-corrected chi connectivity index (χ2v) is 7.50. The average Bonchev–Trinajstić information content (AvgIpc) is 2.42. The molecule has 1 atom stereocenters. The van der Waals surface area contributed by atoms with Crippen LogP contribution in [0, 0.1) is 5.92 Å². The summed E-state index contributed by atoms with van der Waals surface area (Å²) in [6.45, 7) is 3.42. The van der Waals surface area contributed by atoms with Crippen LogP contribution in [0.25, 0.3) is 0 Å². The largest absolute Gasteiger partial charge is 0.352 e. The van der Waals surface area contributed by atoms with Gasteiger partial charge in [0.15, 0.2) is 0 Å². The molecule has 21 heavy (non-hydrogen) atoms. The monoisotopic (exact) mass is 341 g/mol. The summed E-state index contributed by atoms with van der Waals surface area (Å²) in [4.78, 5) is 12.2. The first-order valence-electron chi connectivity index (χ1n) is 7.34. The molecule has 1 rings (SSSR count). The van der Waals surface area contributed by atoms with E-state index in [1.54, 1.807) is 0 Å². The van der Waals surface area contributed by atoms with Crippen LogP contribution in [-0.4, -0.2) is 50.6 Å². The Bertz CT molecular complexity index is 409. The maximum absolute atomic E-state index is 12.2. The van der Waals surface area contributed by atoms with E-state index in [9.17, 15) is 13.2 Å². The minimum Gasteiger partial charge on any atom is -0.352 e. The lowest BCUT2D eigenvalue weighted by Crippen LogP contribution is -2.47. The van der Waals surface area contributed by atoms with E-state index < -0.39 is 10.0 Å². The number of sulfonamides is 1. The Morgan fingerprint density at radius 3 is 2.38 bits per heavy atom. The van der Waals surface area contributed by atoms with Gasteiger partial charge in [-0.15, -0.1) is 12.4 Å². The molecule has 0 aliphatic carbocycles. The van der Waals surface area contributed by atoms with Gasteiger partial charge < -0.3 is 11.1 Å². The summed E-state index contributed by atoms with van der Waals surface area (Å²) >= 11 is 0. The van der Waals surface area contributed by atoms with E-state index in [0.717, 1.165) is 19.3 Å². The number of hydrogen-bond donors (Lipinski definition) is 2. The van der Waals surface area contributed by atoms with E-state index in [1.165, 1.54) is 10.6 Å². The number of rotatable bonds is 7. The number of amides is 1. The number of halogens is 1. The summed E-state index contributed by atoms with van der Waals surface area (Å²) in [5, 5.41) is 2.99. The lowest BCUT2D eigenvalue weighted by atomic mass is 9.96. The fourth-order valence-corrected chi connectivity index (χ4v) is 3.34. The van der Waals surface area contributed by atoms with Crippen molar-refractivity contribution in [3.05, 3.63) is 0 Å². The number of piperidine rings is 1. The van der Waals surface area contributed by atoms with Crippen LogP contribution in [0.3, 0.4) is 0 Å². The number of nitrogens with zero attached hydrogens (tertiary/aromatic N) is 1. The predicted molar refractivity (Wildman–Crippen MR) is 86.9 cm³/mol. The second kappa shape index (κ2) is 9.61. The number of unbranched alkanes of at least 4 members (excludes halogenated alkanes) is 1. The summed E-state index contributed by atoms with van der Waals surface area (Å²) in [6.07, 6.45) is 5.42. The smallest absolute Gasteiger partial charge is 0.223 e. The summed E-state index contributed by atoms with van der Waals surface area (Å²) in [5.41, 5.74) is 5.67. The maximum Gasteiger partial charge on any atom is 0.223 e. The Morgan fingerprint density at radius 1 is 1.38 bits per heavy atom. The number of nitrogens with two attached hydrogens (primary N) is 1. The molecular weight excluding hydrogens is 314 g/mol. The van der Waals surface area contributed by atoms with Gasteiger partial charge in [0.05, 0.1) is 6.26 Å². The van der Waals surface area contributed by atoms with Crippen molar-refractivity contribution in [2.24, 2.45) is 11.7 Å². The SMILES string of the molecule is CCCCC(CN)NC(=O)C1CCN(S(C)(=O)=O)CC1.Cl. The molecule has 0 saturated carbocycles. The molecule has 3 N–H and O–H groups in total. The van der Waals surface area contributed by atoms with Crippen LogP contribution in [0.5, 0.6) is 0 Å². The van der Waals surface area contributed by atoms with Gasteiger partial charge in [-0.1, -0.05) is 19.8 Å². The molecule has 1 fully saturated rings. The van der Waals surface area contributed by atoms with E-state index in [2.05, 4.69) is 12.2 Å². The zero-order valence-corrected chi connectivity index (χ0v) is 14.5. The fraction of sp³-hybridized carbons (Fsp3) is 0.923. The molecule has 1 heterocycles. The number of carbonyl (C=O) groups excluding carboxylic acids is 1. The van der Waals surface area contributed by atoms with Crippen LogP contribution >= 0.6 is 12.4 Å². The molecule has 0 radical (unpaired) electrons. The molecule has 1 aliphatic heterocycles. The second-order valence-electron chi connectivity index (χ2n) is 5.52. The molecule has 8 heteroatoms. The summed E-state index contributed by atoms with van der Waals surface area (Å²) in [6, 6.07) is 0.0374. The van der Waals surface area contributed by atoms with E-state index >= 15 is 0 Å². The van der Waals surface area contributed by atoms with Gasteiger partial charge in [0, 0.05) is 31.6 Å². The van der Waals surface area contributed by atoms with Crippen molar-refractivity contribution in [1.29, 1.82) is 0 Å². The van der Waals surface area contributed by atoms with Gasteiger partial charge in [0.25, 0.3) is 0 Å². The van der Waals surface area contributed by atoms with E-state index in [1.807, 2.05) is 0 Å². The number of nitrogens with one attached hydrogen (secondary N) is 1. The fourth-order valence-electron chi connectivity index (χ4n) is 2.47. The first kappa shape index (κ1) is 20.6. The third-order valence-electron chi connectivity index (χ3n) is 3.83. The van der Waals surface area contributed by atoms with Crippen molar-refractivity contribution in [2.45, 2.75) is 45.1 Å². The highest BCUT2D eigenvalue weighted by atomic mass is 35.5. The topological polar surface area (TPSA) is 92.5 Å². The van der Waals surface area contributed by atoms with Crippen LogP contribution in [-0.2, 0) is 14.8 Å². The predicted octanol–water partition coefficient (Wildman–Crippen LogP) is 0.714. The number of hydrogen-bond acceptors (Lipinski definition) is 4. The Labute approximate surface area is 134 Å². The van der Waals surface area contributed by atoms with Crippen molar-refractivity contribution < 1.29 is 13.2 Å². The van der Waals surface area contributed by atoms with Crippen molar-refractivity contribution in [3.8, 4) is 0 Å². The lowest BCUT2D eigenvalue weighted by Gasteiger charge is -2.30. The highest BCUT2D eigenvalue weighted by molar-refractivity contribution is 7.88. The Hall–Kier alpha value is -0.370. The maximum atomic E-state index is 12.2. The molecule has 1 amide bonds. The van der Waals surface area contributed by atoms with Gasteiger partial charge in [-0.05, 0) is 19.3 Å². The van der Waals surface area contributed by atoms with Crippen molar-refractivity contribution >= 4 is 28.3 Å². The summed E-state index contributed by atoms with van der Waals surface area (Å²) < 4.78 is 24.3. The highest BCUT2D eigenvalue weighted by Crippen LogP contribution is 2.19. The Morgan fingerprint density at radius 2 is 1.95 bits per heavy atom. The average molecular weight is 342 g/mol. The molecule has 0 bridgehead atoms. The molecule has 1 aliphatic rings. The molecule has 0 aromatic rings. The Kier molecular flexibility index (Phi) is 9.44. The summed E-state index contributed by atoms with van der Waals surface area (Å²) in [5.74, 6) is -0.0756. The zero-order chi connectivity index (χ0) is 15.2. The normalized spacial score (nSPS) is 18.8. The van der Waals surface area contributed by atoms with Crippen molar-refractivity contribution in [1.82, 2.24) is 9.62 Å². The zero-order valence-electron chi connectivity index (χ0n) is 12.9. The molecule has 1 unspecified atom stereocenters. The third kappa shape index (κ3) is 6.95. The first-order chi connectivity index (χ1) is 9.38. The van der Waals surface area contributed by atoms with Crippen LogP contribution in [0.1, 0.15) is 39.0 Å². The van der Waals surface area contributed by atoms with Gasteiger partial charge in [-0.3, -0.25) is 4.79 Å². The Balaban J connectivity index is 0.00000400. The van der Waals surface area contributed by atoms with Gasteiger partial charge in [0.2, 0.25) is 15.9 Å². The molecule has 0 aromatic heterocycles. The van der Waals surface area contributed by atoms with Gasteiger partial charge in [-0.2, -0.15) is 0 Å². The van der Waals surface area contributed by atoms with Crippen LogP contribution in [0.15, 0.2) is 0 Å². The molecule has 126 valence electrons. The van der Waals surface area contributed by atoms with Crippen LogP contribution < -0.4 is 11.1 Å². The summed E-state index contributed by atoms with van der Waals surface area (Å²) in [7, 11) is -3.13. The highest BCUT2D eigenvalue weighted by Gasteiger charge is 2.29. The molecule has 1 saturated heterocycles. The van der Waals surface area contributed by atoms with Crippen molar-refractivity contribution in [3.63, 3.8) is 0 Å². The minimum absolute atomic E-state index is 0. The molecule has 0 spiro atoms. The standard InChI is InChI=1S/C13H27N3O3S.ClH/c1-3-4-5-12(10-14)15-13(17)11-6-8-16(9-7-11)20(2,18)19;/h11-12H,3-10,14H2,1-2H3,(H,15,17);1H. The third-order valence-corrected chi connectivity index (χ3v) is 5.13. The van der Waals surface area contributed by atoms with Crippen LogP contribution in [0.4, 0.5) is 0 Å². The number of carbonyl (C=O) groups is 1. The minimum atomic E-state index is -3.13.